The number of nitrogens with one attached hydrogen (secondary N) is 1. The molecule has 0 spiro atoms. The summed E-state index contributed by atoms with van der Waals surface area (Å²) >= 11 is 5.97. The summed E-state index contributed by atoms with van der Waals surface area (Å²) in [5.41, 5.74) is 1.33. The van der Waals surface area contributed by atoms with Crippen molar-refractivity contribution >= 4 is 11.6 Å². The fourth-order valence-corrected chi connectivity index (χ4v) is 2.17. The van der Waals surface area contributed by atoms with Crippen LogP contribution in [0.25, 0.3) is 0 Å². The quantitative estimate of drug-likeness (QED) is 0.678. The second-order valence-corrected chi connectivity index (χ2v) is 6.51. The van der Waals surface area contributed by atoms with Crippen molar-refractivity contribution in [3.05, 3.63) is 34.9 Å². The molecule has 1 N–H and O–H groups in total. The molecule has 0 aliphatic heterocycles. The van der Waals surface area contributed by atoms with Crippen molar-refractivity contribution in [1.82, 2.24) is 5.32 Å². The maximum atomic E-state index is 5.97. The average molecular weight is 298 g/mol. The van der Waals surface area contributed by atoms with E-state index in [4.69, 9.17) is 16.3 Å². The summed E-state index contributed by atoms with van der Waals surface area (Å²) < 4.78 is 5.72. The summed E-state index contributed by atoms with van der Waals surface area (Å²) in [6.45, 7) is 11.3. The highest BCUT2D eigenvalue weighted by Crippen LogP contribution is 2.21. The molecule has 0 aliphatic carbocycles. The Hall–Kier alpha value is -0.570. The molecule has 0 bridgehead atoms. The Morgan fingerprint density at radius 3 is 2.30 bits per heavy atom. The van der Waals surface area contributed by atoms with Crippen LogP contribution in [-0.2, 0) is 4.74 Å². The molecule has 20 heavy (non-hydrogen) atoms. The molecule has 1 aromatic carbocycles. The molecule has 3 heteroatoms. The zero-order valence-corrected chi connectivity index (χ0v) is 13.9. The molecule has 1 atom stereocenters. The second-order valence-electron chi connectivity index (χ2n) is 6.07. The second kappa shape index (κ2) is 9.38. The Labute approximate surface area is 128 Å². The Morgan fingerprint density at radius 1 is 1.10 bits per heavy atom. The van der Waals surface area contributed by atoms with Gasteiger partial charge >= 0.3 is 0 Å². The van der Waals surface area contributed by atoms with Crippen LogP contribution in [-0.4, -0.2) is 25.8 Å². The summed E-state index contributed by atoms with van der Waals surface area (Å²) in [5.74, 6) is 1.07. The first-order valence-corrected chi connectivity index (χ1v) is 7.93. The average Bonchev–Trinajstić information content (AvgIpc) is 2.38. The molecule has 1 rings (SSSR count). The molecular formula is C17H28ClNO. The minimum Gasteiger partial charge on any atom is -0.381 e. The third kappa shape index (κ3) is 7.28. The van der Waals surface area contributed by atoms with Crippen LogP contribution in [0.1, 0.15) is 45.6 Å². The van der Waals surface area contributed by atoms with E-state index in [1.807, 2.05) is 12.1 Å². The van der Waals surface area contributed by atoms with Gasteiger partial charge in [0.25, 0.3) is 0 Å². The third-order valence-corrected chi connectivity index (χ3v) is 3.43. The zero-order chi connectivity index (χ0) is 15.0. The van der Waals surface area contributed by atoms with Crippen LogP contribution in [0.15, 0.2) is 24.3 Å². The van der Waals surface area contributed by atoms with E-state index in [0.717, 1.165) is 31.2 Å². The predicted molar refractivity (Wildman–Crippen MR) is 87.6 cm³/mol. The fraction of sp³-hybridized carbons (Fsp3) is 0.647. The molecule has 0 heterocycles. The van der Waals surface area contributed by atoms with Crippen molar-refractivity contribution in [1.29, 1.82) is 0 Å². The maximum absolute atomic E-state index is 5.97. The van der Waals surface area contributed by atoms with Gasteiger partial charge in [-0.3, -0.25) is 0 Å². The van der Waals surface area contributed by atoms with E-state index < -0.39 is 0 Å². The summed E-state index contributed by atoms with van der Waals surface area (Å²) in [6.07, 6.45) is 1.04. The molecule has 0 amide bonds. The highest BCUT2D eigenvalue weighted by molar-refractivity contribution is 6.30. The lowest BCUT2D eigenvalue weighted by Crippen LogP contribution is -2.28. The standard InChI is InChI=1S/C17H28ClNO/c1-13(2)12-20-10-9-16(11-19-14(3)4)15-5-7-17(18)8-6-15/h5-8,13-14,16,19H,9-12H2,1-4H3. The summed E-state index contributed by atoms with van der Waals surface area (Å²) in [7, 11) is 0. The molecule has 1 unspecified atom stereocenters. The van der Waals surface area contributed by atoms with E-state index in [1.165, 1.54) is 5.56 Å². The van der Waals surface area contributed by atoms with Gasteiger partial charge in [-0.25, -0.2) is 0 Å². The van der Waals surface area contributed by atoms with Gasteiger partial charge in [-0.15, -0.1) is 0 Å². The van der Waals surface area contributed by atoms with Gasteiger partial charge < -0.3 is 10.1 Å². The van der Waals surface area contributed by atoms with Gasteiger partial charge in [0.05, 0.1) is 0 Å². The Kier molecular flexibility index (Phi) is 8.20. The molecular weight excluding hydrogens is 270 g/mol. The Bertz CT molecular complexity index is 362. The van der Waals surface area contributed by atoms with E-state index in [1.54, 1.807) is 0 Å². The molecule has 0 aliphatic rings. The van der Waals surface area contributed by atoms with Crippen LogP contribution in [0.5, 0.6) is 0 Å². The number of hydrogen-bond donors (Lipinski definition) is 1. The minimum atomic E-state index is 0.474. The van der Waals surface area contributed by atoms with Crippen LogP contribution in [0.4, 0.5) is 0 Å². The summed E-state index contributed by atoms with van der Waals surface area (Å²) in [5, 5.41) is 4.31. The van der Waals surface area contributed by atoms with Crippen LogP contribution in [0, 0.1) is 5.92 Å². The molecule has 0 radical (unpaired) electrons. The topological polar surface area (TPSA) is 21.3 Å². The Balaban J connectivity index is 2.53. The first kappa shape index (κ1) is 17.5. The van der Waals surface area contributed by atoms with Crippen molar-refractivity contribution < 1.29 is 4.74 Å². The first-order valence-electron chi connectivity index (χ1n) is 7.55. The molecule has 0 saturated heterocycles. The lowest BCUT2D eigenvalue weighted by molar-refractivity contribution is 0.103. The summed E-state index contributed by atoms with van der Waals surface area (Å²) in [4.78, 5) is 0. The lowest BCUT2D eigenvalue weighted by Gasteiger charge is -2.20. The van der Waals surface area contributed by atoms with Crippen LogP contribution < -0.4 is 5.32 Å². The zero-order valence-electron chi connectivity index (χ0n) is 13.2. The van der Waals surface area contributed by atoms with E-state index >= 15 is 0 Å². The monoisotopic (exact) mass is 297 g/mol. The Morgan fingerprint density at radius 2 is 1.75 bits per heavy atom. The highest BCUT2D eigenvalue weighted by Gasteiger charge is 2.12. The molecule has 2 nitrogen and oxygen atoms in total. The molecule has 0 fully saturated rings. The minimum absolute atomic E-state index is 0.474. The van der Waals surface area contributed by atoms with Crippen LogP contribution in [0.3, 0.4) is 0 Å². The van der Waals surface area contributed by atoms with Gasteiger partial charge in [0.2, 0.25) is 0 Å². The van der Waals surface area contributed by atoms with Gasteiger partial charge in [-0.1, -0.05) is 51.4 Å². The smallest absolute Gasteiger partial charge is 0.0488 e. The van der Waals surface area contributed by atoms with Gasteiger partial charge in [0, 0.05) is 30.8 Å². The molecule has 0 aromatic heterocycles. The van der Waals surface area contributed by atoms with E-state index in [2.05, 4.69) is 45.1 Å². The van der Waals surface area contributed by atoms with Gasteiger partial charge in [-0.2, -0.15) is 0 Å². The fourth-order valence-electron chi connectivity index (χ4n) is 2.04. The SMILES string of the molecule is CC(C)COCCC(CNC(C)C)c1ccc(Cl)cc1. The van der Waals surface area contributed by atoms with Crippen molar-refractivity contribution in [3.63, 3.8) is 0 Å². The number of halogens is 1. The van der Waals surface area contributed by atoms with E-state index in [-0.39, 0.29) is 0 Å². The highest BCUT2D eigenvalue weighted by atomic mass is 35.5. The number of hydrogen-bond acceptors (Lipinski definition) is 2. The number of benzene rings is 1. The lowest BCUT2D eigenvalue weighted by atomic mass is 9.95. The van der Waals surface area contributed by atoms with Crippen LogP contribution >= 0.6 is 11.6 Å². The van der Waals surface area contributed by atoms with E-state index in [9.17, 15) is 0 Å². The largest absolute Gasteiger partial charge is 0.381 e. The summed E-state index contributed by atoms with van der Waals surface area (Å²) in [6, 6.07) is 8.68. The number of rotatable bonds is 9. The number of ether oxygens (including phenoxy) is 1. The van der Waals surface area contributed by atoms with Crippen LogP contribution in [0.2, 0.25) is 5.02 Å². The molecule has 1 aromatic rings. The van der Waals surface area contributed by atoms with Crippen molar-refractivity contribution in [2.75, 3.05) is 19.8 Å². The van der Waals surface area contributed by atoms with Gasteiger partial charge in [-0.05, 0) is 36.0 Å². The van der Waals surface area contributed by atoms with E-state index in [0.29, 0.717) is 17.9 Å². The predicted octanol–water partition coefficient (Wildman–Crippen LogP) is 4.48. The van der Waals surface area contributed by atoms with Crippen molar-refractivity contribution in [3.8, 4) is 0 Å². The first-order chi connectivity index (χ1) is 9.49. The van der Waals surface area contributed by atoms with Crippen molar-refractivity contribution in [2.24, 2.45) is 5.92 Å². The van der Waals surface area contributed by atoms with Gasteiger partial charge in [0.15, 0.2) is 0 Å². The van der Waals surface area contributed by atoms with Crippen molar-refractivity contribution in [2.45, 2.75) is 46.1 Å². The normalized spacial score (nSPS) is 13.2. The van der Waals surface area contributed by atoms with Gasteiger partial charge in [0.1, 0.15) is 0 Å². The molecule has 0 saturated carbocycles. The molecule has 114 valence electrons. The maximum Gasteiger partial charge on any atom is 0.0488 e. The third-order valence-electron chi connectivity index (χ3n) is 3.18.